The van der Waals surface area contributed by atoms with Gasteiger partial charge in [-0.25, -0.2) is 4.39 Å². The molecule has 0 N–H and O–H groups in total. The standard InChI is InChI=1S/C15H21F.C2H6/c1-3-12-7-9-13(10-8-12)15-11(2)5-4-6-14(15)16;1-2/h4-6,12-13H,3,7-10H2,1-2H3;1-2H3. The highest BCUT2D eigenvalue weighted by atomic mass is 19.1. The van der Waals surface area contributed by atoms with Gasteiger partial charge in [0.25, 0.3) is 0 Å². The van der Waals surface area contributed by atoms with Crippen molar-refractivity contribution in [3.63, 3.8) is 0 Å². The molecule has 1 aromatic carbocycles. The minimum absolute atomic E-state index is 0.0000477. The van der Waals surface area contributed by atoms with Crippen molar-refractivity contribution in [3.8, 4) is 0 Å². The van der Waals surface area contributed by atoms with E-state index in [1.54, 1.807) is 6.07 Å². The first-order valence-corrected chi connectivity index (χ1v) is 7.47. The third-order valence-corrected chi connectivity index (χ3v) is 4.10. The molecule has 0 bridgehead atoms. The summed E-state index contributed by atoms with van der Waals surface area (Å²) in [7, 11) is 0. The second-order valence-corrected chi connectivity index (χ2v) is 5.10. The predicted molar refractivity (Wildman–Crippen MR) is 77.5 cm³/mol. The van der Waals surface area contributed by atoms with Crippen molar-refractivity contribution in [2.75, 3.05) is 0 Å². The Hall–Kier alpha value is -0.850. The van der Waals surface area contributed by atoms with Gasteiger partial charge in [-0.3, -0.25) is 0 Å². The lowest BCUT2D eigenvalue weighted by Gasteiger charge is -2.29. The summed E-state index contributed by atoms with van der Waals surface area (Å²) in [6.45, 7) is 8.30. The van der Waals surface area contributed by atoms with Crippen LogP contribution in [-0.4, -0.2) is 0 Å². The van der Waals surface area contributed by atoms with E-state index >= 15 is 0 Å². The maximum Gasteiger partial charge on any atom is 0.126 e. The Kier molecular flexibility index (Phi) is 6.38. The molecule has 0 aromatic heterocycles. The molecule has 1 saturated carbocycles. The molecular weight excluding hydrogens is 223 g/mol. The molecule has 0 unspecified atom stereocenters. The van der Waals surface area contributed by atoms with Crippen LogP contribution in [0.5, 0.6) is 0 Å². The Morgan fingerprint density at radius 2 is 1.72 bits per heavy atom. The van der Waals surface area contributed by atoms with Crippen LogP contribution in [0.15, 0.2) is 18.2 Å². The number of rotatable bonds is 2. The van der Waals surface area contributed by atoms with E-state index in [1.165, 1.54) is 32.1 Å². The fourth-order valence-electron chi connectivity index (χ4n) is 3.02. The average molecular weight is 250 g/mol. The van der Waals surface area contributed by atoms with Crippen LogP contribution in [0.1, 0.15) is 69.9 Å². The van der Waals surface area contributed by atoms with Crippen LogP contribution in [0, 0.1) is 18.7 Å². The molecule has 18 heavy (non-hydrogen) atoms. The lowest BCUT2D eigenvalue weighted by atomic mass is 9.76. The SMILES string of the molecule is CC.CCC1CCC(c2c(C)cccc2F)CC1. The van der Waals surface area contributed by atoms with Crippen molar-refractivity contribution in [3.05, 3.63) is 35.1 Å². The zero-order valence-electron chi connectivity index (χ0n) is 12.3. The minimum Gasteiger partial charge on any atom is -0.207 e. The van der Waals surface area contributed by atoms with Crippen LogP contribution >= 0.6 is 0 Å². The van der Waals surface area contributed by atoms with Gasteiger partial charge in [-0.05, 0) is 61.6 Å². The van der Waals surface area contributed by atoms with Gasteiger partial charge in [0.15, 0.2) is 0 Å². The number of hydrogen-bond donors (Lipinski definition) is 0. The summed E-state index contributed by atoms with van der Waals surface area (Å²) >= 11 is 0. The topological polar surface area (TPSA) is 0 Å². The van der Waals surface area contributed by atoms with Crippen LogP contribution < -0.4 is 0 Å². The van der Waals surface area contributed by atoms with Crippen molar-refractivity contribution in [2.45, 2.75) is 65.7 Å². The summed E-state index contributed by atoms with van der Waals surface area (Å²) in [5.74, 6) is 1.34. The second-order valence-electron chi connectivity index (χ2n) is 5.10. The Morgan fingerprint density at radius 1 is 1.11 bits per heavy atom. The molecule has 0 radical (unpaired) electrons. The molecule has 0 aliphatic heterocycles. The molecule has 1 aromatic rings. The number of halogens is 1. The fourth-order valence-corrected chi connectivity index (χ4v) is 3.02. The first-order chi connectivity index (χ1) is 8.72. The largest absolute Gasteiger partial charge is 0.207 e. The van der Waals surface area contributed by atoms with Gasteiger partial charge in [0.1, 0.15) is 5.82 Å². The summed E-state index contributed by atoms with van der Waals surface area (Å²) < 4.78 is 13.8. The van der Waals surface area contributed by atoms with E-state index in [1.807, 2.05) is 32.9 Å². The summed E-state index contributed by atoms with van der Waals surface area (Å²) in [6, 6.07) is 5.45. The molecule has 0 spiro atoms. The van der Waals surface area contributed by atoms with Gasteiger partial charge in [-0.1, -0.05) is 39.3 Å². The van der Waals surface area contributed by atoms with Crippen molar-refractivity contribution in [2.24, 2.45) is 5.92 Å². The van der Waals surface area contributed by atoms with Crippen LogP contribution in [0.3, 0.4) is 0 Å². The van der Waals surface area contributed by atoms with Gasteiger partial charge in [-0.15, -0.1) is 0 Å². The van der Waals surface area contributed by atoms with Gasteiger partial charge >= 0.3 is 0 Å². The van der Waals surface area contributed by atoms with Crippen molar-refractivity contribution < 1.29 is 4.39 Å². The quantitative estimate of drug-likeness (QED) is 0.618. The predicted octanol–water partition coefficient (Wildman–Crippen LogP) is 5.84. The number of hydrogen-bond acceptors (Lipinski definition) is 0. The Labute approximate surface area is 112 Å². The highest BCUT2D eigenvalue weighted by molar-refractivity contribution is 5.31. The first-order valence-electron chi connectivity index (χ1n) is 7.47. The summed E-state index contributed by atoms with van der Waals surface area (Å²) in [5, 5.41) is 0. The highest BCUT2D eigenvalue weighted by Gasteiger charge is 2.24. The maximum absolute atomic E-state index is 13.8. The lowest BCUT2D eigenvalue weighted by Crippen LogP contribution is -2.14. The molecule has 0 saturated heterocycles. The van der Waals surface area contributed by atoms with E-state index in [0.29, 0.717) is 5.92 Å². The van der Waals surface area contributed by atoms with Crippen molar-refractivity contribution >= 4 is 0 Å². The van der Waals surface area contributed by atoms with Gasteiger partial charge in [0.05, 0.1) is 0 Å². The maximum atomic E-state index is 13.8. The van der Waals surface area contributed by atoms with E-state index in [-0.39, 0.29) is 5.82 Å². The molecule has 1 heteroatoms. The van der Waals surface area contributed by atoms with E-state index in [0.717, 1.165) is 17.0 Å². The third-order valence-electron chi connectivity index (χ3n) is 4.10. The Bertz CT molecular complexity index is 328. The van der Waals surface area contributed by atoms with Gasteiger partial charge in [0, 0.05) is 0 Å². The highest BCUT2D eigenvalue weighted by Crippen LogP contribution is 2.38. The monoisotopic (exact) mass is 250 g/mol. The first kappa shape index (κ1) is 15.2. The summed E-state index contributed by atoms with van der Waals surface area (Å²) in [6.07, 6.45) is 6.16. The molecule has 2 rings (SSSR count). The van der Waals surface area contributed by atoms with Crippen LogP contribution in [-0.2, 0) is 0 Å². The molecular formula is C17H27F. The van der Waals surface area contributed by atoms with E-state index in [9.17, 15) is 4.39 Å². The summed E-state index contributed by atoms with van der Waals surface area (Å²) in [5.41, 5.74) is 2.11. The zero-order chi connectivity index (χ0) is 13.5. The van der Waals surface area contributed by atoms with Crippen LogP contribution in [0.25, 0.3) is 0 Å². The average Bonchev–Trinajstić information content (AvgIpc) is 2.41. The minimum atomic E-state index is -0.0000477. The van der Waals surface area contributed by atoms with Gasteiger partial charge < -0.3 is 0 Å². The normalized spacial score (nSPS) is 23.2. The number of aryl methyl sites for hydroxylation is 1. The van der Waals surface area contributed by atoms with Crippen LogP contribution in [0.4, 0.5) is 4.39 Å². The van der Waals surface area contributed by atoms with Crippen molar-refractivity contribution in [1.82, 2.24) is 0 Å². The molecule has 0 atom stereocenters. The molecule has 0 amide bonds. The second kappa shape index (κ2) is 7.56. The van der Waals surface area contributed by atoms with Gasteiger partial charge in [0.2, 0.25) is 0 Å². The molecule has 0 heterocycles. The van der Waals surface area contributed by atoms with Crippen LogP contribution in [0.2, 0.25) is 0 Å². The van der Waals surface area contributed by atoms with Gasteiger partial charge in [-0.2, -0.15) is 0 Å². The van der Waals surface area contributed by atoms with Crippen molar-refractivity contribution in [1.29, 1.82) is 0 Å². The Balaban J connectivity index is 0.000000771. The molecule has 1 fully saturated rings. The van der Waals surface area contributed by atoms with E-state index < -0.39 is 0 Å². The lowest BCUT2D eigenvalue weighted by molar-refractivity contribution is 0.314. The molecule has 0 nitrogen and oxygen atoms in total. The zero-order valence-corrected chi connectivity index (χ0v) is 12.3. The molecule has 102 valence electrons. The number of benzene rings is 1. The summed E-state index contributed by atoms with van der Waals surface area (Å²) in [4.78, 5) is 0. The molecule has 1 aliphatic rings. The third kappa shape index (κ3) is 3.57. The smallest absolute Gasteiger partial charge is 0.126 e. The van der Waals surface area contributed by atoms with E-state index in [4.69, 9.17) is 0 Å². The van der Waals surface area contributed by atoms with E-state index in [2.05, 4.69) is 6.92 Å². The Morgan fingerprint density at radius 3 is 2.22 bits per heavy atom. The molecule has 1 aliphatic carbocycles. The fraction of sp³-hybridized carbons (Fsp3) is 0.647.